The van der Waals surface area contributed by atoms with Crippen LogP contribution in [0.2, 0.25) is 0 Å². The smallest absolute Gasteiger partial charge is 0.338 e. The second kappa shape index (κ2) is 51.4. The number of rotatable bonds is 48. The summed E-state index contributed by atoms with van der Waals surface area (Å²) < 4.78 is 156. The first kappa shape index (κ1) is 102. The van der Waals surface area contributed by atoms with Crippen LogP contribution in [0.15, 0.2) is 346 Å². The second-order valence-electron chi connectivity index (χ2n) is 34.6. The molecule has 0 unspecified atom stereocenters. The van der Waals surface area contributed by atoms with E-state index in [1.807, 2.05) is 152 Å². The highest BCUT2D eigenvalue weighted by molar-refractivity contribution is 5.92. The first-order valence-electron chi connectivity index (χ1n) is 47.6. The Kier molecular flexibility index (Phi) is 36.6. The predicted octanol–water partition coefficient (Wildman–Crippen LogP) is 14.0. The number of benzene rings is 11. The van der Waals surface area contributed by atoms with Gasteiger partial charge in [0.15, 0.2) is 74.4 Å². The van der Waals surface area contributed by atoms with Gasteiger partial charge in [0.25, 0.3) is 0 Å². The monoisotopic (exact) mass is 1950 g/mol. The number of hydrogen-bond donors (Lipinski definition) is 2. The molecule has 0 aromatic heterocycles. The lowest BCUT2D eigenvalue weighted by Gasteiger charge is -2.30. The highest BCUT2D eigenvalue weighted by atomic mass is 16.8. The Hall–Kier alpha value is -12.8. The quantitative estimate of drug-likeness (QED) is 0.0155. The van der Waals surface area contributed by atoms with Gasteiger partial charge in [0.1, 0.15) is 73.2 Å². The molecule has 31 heteroatoms. The van der Waals surface area contributed by atoms with Crippen LogP contribution in [0.3, 0.4) is 0 Å². The van der Waals surface area contributed by atoms with E-state index < -0.39 is 223 Å². The maximum atomic E-state index is 15.5. The summed E-state index contributed by atoms with van der Waals surface area (Å²) in [6.07, 6.45) is -31.3. The van der Waals surface area contributed by atoms with E-state index in [0.717, 1.165) is 16.7 Å². The molecule has 6 heterocycles. The Morgan fingerprint density at radius 2 is 0.420 bits per heavy atom. The summed E-state index contributed by atoms with van der Waals surface area (Å²) >= 11 is 0. The summed E-state index contributed by atoms with van der Waals surface area (Å²) in [5, 5.41) is 22.4. The van der Waals surface area contributed by atoms with Gasteiger partial charge in [0.05, 0.1) is 113 Å². The zero-order valence-electron chi connectivity index (χ0n) is 78.0. The molecule has 6 aliphatic heterocycles. The van der Waals surface area contributed by atoms with Crippen molar-refractivity contribution in [3.05, 3.63) is 408 Å². The predicted molar refractivity (Wildman–Crippen MR) is 509 cm³/mol. The molecule has 0 bridgehead atoms. The molecule has 6 saturated heterocycles. The average Bonchev–Trinajstić information content (AvgIpc) is 1.63. The van der Waals surface area contributed by atoms with E-state index in [4.69, 9.17) is 109 Å². The van der Waals surface area contributed by atoms with E-state index in [-0.39, 0.29) is 73.0 Å². The molecule has 0 radical (unpaired) electrons. The molecule has 0 spiro atoms. The number of carbonyl (C=O) groups excluding carboxylic acids is 6. The first-order valence-corrected chi connectivity index (χ1v) is 47.6. The molecule has 0 saturated carbocycles. The van der Waals surface area contributed by atoms with Crippen molar-refractivity contribution in [2.24, 2.45) is 0 Å². The van der Waals surface area contributed by atoms with Gasteiger partial charge >= 0.3 is 35.8 Å². The van der Waals surface area contributed by atoms with Crippen molar-refractivity contribution in [1.29, 1.82) is 0 Å². The van der Waals surface area contributed by atoms with Gasteiger partial charge in [-0.3, -0.25) is 0 Å². The van der Waals surface area contributed by atoms with Gasteiger partial charge in [-0.1, -0.05) is 267 Å². The topological polar surface area (TPSA) is 355 Å². The van der Waals surface area contributed by atoms with Crippen LogP contribution in [-0.2, 0) is 142 Å². The van der Waals surface area contributed by atoms with E-state index in [1.54, 1.807) is 176 Å². The number of allylic oxidation sites excluding steroid dienone is 1. The van der Waals surface area contributed by atoms with Crippen LogP contribution in [-0.4, -0.2) is 240 Å². The molecule has 6 fully saturated rings. The number of aliphatic hydroxyl groups excluding tert-OH is 2. The lowest BCUT2D eigenvalue weighted by Crippen LogP contribution is -2.48. The Bertz CT molecular complexity index is 5770. The zero-order chi connectivity index (χ0) is 98.4. The van der Waals surface area contributed by atoms with Gasteiger partial charge in [0, 0.05) is 0 Å². The van der Waals surface area contributed by atoms with Crippen molar-refractivity contribution in [3.8, 4) is 0 Å². The molecule has 143 heavy (non-hydrogen) atoms. The van der Waals surface area contributed by atoms with Crippen LogP contribution >= 0.6 is 0 Å². The minimum atomic E-state index is -1.84. The summed E-state index contributed by atoms with van der Waals surface area (Å²) in [6, 6.07) is 95.2. The van der Waals surface area contributed by atoms with Gasteiger partial charge in [0.2, 0.25) is 0 Å². The van der Waals surface area contributed by atoms with Crippen molar-refractivity contribution in [3.63, 3.8) is 0 Å². The number of esters is 6. The first-order chi connectivity index (χ1) is 70.3. The number of aliphatic hydroxyl groups is 2. The van der Waals surface area contributed by atoms with E-state index in [0.29, 0.717) is 24.0 Å². The van der Waals surface area contributed by atoms with Crippen LogP contribution in [0, 0.1) is 0 Å². The zero-order valence-corrected chi connectivity index (χ0v) is 78.0. The third-order valence-corrected chi connectivity index (χ3v) is 24.7. The third kappa shape index (κ3) is 27.0. The fraction of sp³-hybridized carbons (Fsp3) is 0.339. The molecule has 746 valence electrons. The fourth-order valence-electron chi connectivity index (χ4n) is 17.5. The summed E-state index contributed by atoms with van der Waals surface area (Å²) in [7, 11) is 0. The Morgan fingerprint density at radius 1 is 0.231 bits per heavy atom. The SMILES string of the molecule is C=CCCCO[C@H]1O[C@H](CO[C@H]2O[C@H](CO[C@H]3O[C@H](CO[C@H]4O[C@H](CO)[C@@H](OCc5ccccc5)[C@@H]4OC(=O)c4ccccc4)[C@@H](O[C@H]4O[C@H](CO[C@H]5O[C@H](CO)[C@@H](OCc6ccccc6)[C@@H]5OC(=O)c5ccccc5)[C@@H](OCc5ccccc5)[C@@H]4OC(=O)c4ccccc4)[C@@H]3OC(=O)c3ccccc3)[C@@H](OCc3ccccc3)[C@@H]2OC(=O)c2ccccc2)[C@@H](OCc2ccccc2)[C@@H]1OC(=O)c1ccccc1. The number of unbranched alkanes of at least 4 members (excludes halogenated alkanes) is 1. The van der Waals surface area contributed by atoms with Gasteiger partial charge in [-0.15, -0.1) is 6.58 Å². The van der Waals surface area contributed by atoms with Gasteiger partial charge in [-0.2, -0.15) is 0 Å². The Morgan fingerprint density at radius 3 is 0.650 bits per heavy atom. The summed E-state index contributed by atoms with van der Waals surface area (Å²) in [6.45, 7) is 0.268. The number of hydrogen-bond acceptors (Lipinski definition) is 31. The number of carbonyl (C=O) groups is 6. The van der Waals surface area contributed by atoms with Crippen LogP contribution in [0.1, 0.15) is 103 Å². The average molecular weight is 1950 g/mol. The molecular weight excluding hydrogens is 1840 g/mol. The standard InChI is InChI=1S/C112H112O31/c1-2-3-37-60-121-107-97(139-103(117)79-52-29-11-30-53-79)91(124-65-74-42-19-6-20-43-74)85(133-107)68-128-110-98(140-104(118)80-54-31-12-32-55-80)92(125-66-75-44-21-7-22-45-75)86(134-110)69-129-111-100(142-106(120)82-58-35-14-36-59-82)94(88(135-111)71-130-109-96(138-102(116)78-50-27-10-28-51-78)90(84(62-114)132-109)123-64-73-40-17-5-18-41-73)143-112-99(141-105(119)81-56-33-13-34-57-81)93(126-67-76-46-23-8-24-47-76)87(136-112)70-127-108-95(137-101(115)77-48-25-9-26-49-77)89(83(61-113)131-108)122-63-72-38-15-4-16-39-72/h2,4-36,38-59,83-100,107-114H,1,3,37,60-71H2/t83-,84-,85-,86-,87-,88-,89-,90-,91-,92-,93-,94-,95+,96+,97+,98+,99+,100+,107+,108+,109+,110+,111+,112-/m1/s1. The van der Waals surface area contributed by atoms with E-state index in [2.05, 4.69) is 6.58 Å². The molecule has 0 amide bonds. The molecule has 11 aromatic carbocycles. The van der Waals surface area contributed by atoms with Gasteiger partial charge in [-0.05, 0) is 113 Å². The normalized spacial score (nSPS) is 27.0. The molecule has 17 rings (SSSR count). The molecule has 31 nitrogen and oxygen atoms in total. The summed E-state index contributed by atoms with van der Waals surface area (Å²) in [5.74, 6) is -4.88. The lowest BCUT2D eigenvalue weighted by atomic mass is 10.1. The molecule has 24 atom stereocenters. The summed E-state index contributed by atoms with van der Waals surface area (Å²) in [4.78, 5) is 88.8. The van der Waals surface area contributed by atoms with Crippen LogP contribution in [0.25, 0.3) is 0 Å². The van der Waals surface area contributed by atoms with Crippen molar-refractivity contribution >= 4 is 35.8 Å². The van der Waals surface area contributed by atoms with Gasteiger partial charge in [-0.25, -0.2) is 28.8 Å². The van der Waals surface area contributed by atoms with Crippen LogP contribution in [0.4, 0.5) is 0 Å². The van der Waals surface area contributed by atoms with Crippen LogP contribution < -0.4 is 0 Å². The molecule has 6 aliphatic rings. The highest BCUT2D eigenvalue weighted by Crippen LogP contribution is 2.42. The Balaban J connectivity index is 0.746. The maximum absolute atomic E-state index is 15.5. The third-order valence-electron chi connectivity index (χ3n) is 24.7. The maximum Gasteiger partial charge on any atom is 0.338 e. The molecule has 2 N–H and O–H groups in total. The van der Waals surface area contributed by atoms with Crippen molar-refractivity contribution in [2.75, 3.05) is 46.2 Å². The van der Waals surface area contributed by atoms with Crippen LogP contribution in [0.5, 0.6) is 0 Å². The van der Waals surface area contributed by atoms with Gasteiger partial charge < -0.3 is 119 Å². The van der Waals surface area contributed by atoms with Crippen molar-refractivity contribution < 1.29 is 148 Å². The largest absolute Gasteiger partial charge is 0.450 e. The van der Waals surface area contributed by atoms with E-state index in [9.17, 15) is 29.4 Å². The molecular formula is C112H112O31. The second-order valence-corrected chi connectivity index (χ2v) is 34.6. The molecule has 0 aliphatic carbocycles. The summed E-state index contributed by atoms with van der Waals surface area (Å²) in [5.41, 5.74) is 4.50. The fourth-order valence-corrected chi connectivity index (χ4v) is 17.5. The van der Waals surface area contributed by atoms with Crippen molar-refractivity contribution in [1.82, 2.24) is 0 Å². The lowest BCUT2D eigenvalue weighted by molar-refractivity contribution is -0.235. The molecule has 11 aromatic rings. The minimum Gasteiger partial charge on any atom is -0.450 e. The number of ether oxygens (including phenoxy) is 23. The van der Waals surface area contributed by atoms with Crippen molar-refractivity contribution in [2.45, 2.75) is 193 Å². The van der Waals surface area contributed by atoms with E-state index >= 15 is 9.59 Å². The minimum absolute atomic E-state index is 0.00177. The highest BCUT2D eigenvalue weighted by Gasteiger charge is 2.60. The van der Waals surface area contributed by atoms with E-state index in [1.165, 1.54) is 12.1 Å². The Labute approximate surface area is 826 Å².